The van der Waals surface area contributed by atoms with Gasteiger partial charge in [-0.15, -0.1) is 11.3 Å². The lowest BCUT2D eigenvalue weighted by Gasteiger charge is -2.06. The first-order chi connectivity index (χ1) is 13.5. The zero-order valence-electron chi connectivity index (χ0n) is 14.3. The van der Waals surface area contributed by atoms with Crippen LogP contribution in [0.3, 0.4) is 0 Å². The highest BCUT2D eigenvalue weighted by Gasteiger charge is 2.14. The van der Waals surface area contributed by atoms with Crippen LogP contribution in [0.5, 0.6) is 0 Å². The summed E-state index contributed by atoms with van der Waals surface area (Å²) in [6, 6.07) is 18.9. The van der Waals surface area contributed by atoms with E-state index in [9.17, 15) is 14.7 Å². The van der Waals surface area contributed by atoms with Gasteiger partial charge in [0.2, 0.25) is 0 Å². The van der Waals surface area contributed by atoms with Crippen LogP contribution < -0.4 is 5.32 Å². The third kappa shape index (κ3) is 4.46. The molecule has 0 aliphatic rings. The Morgan fingerprint density at radius 2 is 1.79 bits per heavy atom. The fraction of sp³-hybridized carbons (Fsp3) is 0. The number of benzene rings is 2. The van der Waals surface area contributed by atoms with Gasteiger partial charge < -0.3 is 10.4 Å². The van der Waals surface area contributed by atoms with E-state index in [0.717, 1.165) is 10.4 Å². The topological polar surface area (TPSA) is 90.2 Å². The van der Waals surface area contributed by atoms with E-state index in [1.54, 1.807) is 12.1 Å². The van der Waals surface area contributed by atoms with Crippen molar-refractivity contribution in [3.63, 3.8) is 0 Å². The lowest BCUT2D eigenvalue weighted by Crippen LogP contribution is -2.27. The van der Waals surface area contributed by atoms with Gasteiger partial charge in [0.05, 0.1) is 11.6 Å². The number of hydrogen-bond donors (Lipinski definition) is 2. The Morgan fingerprint density at radius 3 is 2.43 bits per heavy atom. The smallest absolute Gasteiger partial charge is 0.352 e. The Hall–Kier alpha value is -3.40. The number of nitrogens with zero attached hydrogens (tertiary/aromatic N) is 1. The number of amides is 1. The summed E-state index contributed by atoms with van der Waals surface area (Å²) in [5.74, 6) is -1.82. The van der Waals surface area contributed by atoms with Crippen LogP contribution in [0.4, 0.5) is 0 Å². The van der Waals surface area contributed by atoms with E-state index in [4.69, 9.17) is 16.9 Å². The van der Waals surface area contributed by atoms with Crippen LogP contribution >= 0.6 is 22.9 Å². The second-order valence-electron chi connectivity index (χ2n) is 5.69. The van der Waals surface area contributed by atoms with Gasteiger partial charge in [-0.3, -0.25) is 4.79 Å². The van der Waals surface area contributed by atoms with Crippen molar-refractivity contribution in [3.8, 4) is 16.5 Å². The average molecular weight is 409 g/mol. The van der Waals surface area contributed by atoms with E-state index in [2.05, 4.69) is 5.32 Å². The number of halogens is 1. The van der Waals surface area contributed by atoms with E-state index in [1.807, 2.05) is 30.3 Å². The minimum Gasteiger partial charge on any atom is -0.477 e. The standard InChI is InChI=1S/C21H13ClN2O3S/c22-17-4-2-1-3-16(17)19-10-9-15(28-19)11-18(21(26)27)24-20(25)14-7-5-13(12-23)6-8-14/h1-11H,(H,24,25)(H,26,27)/b18-11+. The van der Waals surface area contributed by atoms with E-state index in [1.165, 1.54) is 41.7 Å². The first kappa shape index (κ1) is 19.4. The Bertz CT molecular complexity index is 1110. The molecule has 0 saturated carbocycles. The predicted molar refractivity (Wildman–Crippen MR) is 109 cm³/mol. The lowest BCUT2D eigenvalue weighted by molar-refractivity contribution is -0.132. The molecule has 0 radical (unpaired) electrons. The normalized spacial score (nSPS) is 10.9. The summed E-state index contributed by atoms with van der Waals surface area (Å²) in [4.78, 5) is 25.4. The number of thiophene rings is 1. The van der Waals surface area contributed by atoms with E-state index < -0.39 is 11.9 Å². The molecule has 0 aliphatic carbocycles. The predicted octanol–water partition coefficient (Wildman–Crippen LogP) is 4.80. The molecule has 5 nitrogen and oxygen atoms in total. The van der Waals surface area contributed by atoms with Crippen LogP contribution in [-0.4, -0.2) is 17.0 Å². The zero-order chi connectivity index (χ0) is 20.1. The summed E-state index contributed by atoms with van der Waals surface area (Å²) in [5.41, 5.74) is 1.28. The fourth-order valence-electron chi connectivity index (χ4n) is 2.42. The minimum atomic E-state index is -1.25. The van der Waals surface area contributed by atoms with Crippen molar-refractivity contribution in [1.82, 2.24) is 5.32 Å². The summed E-state index contributed by atoms with van der Waals surface area (Å²) in [6.07, 6.45) is 1.40. The van der Waals surface area contributed by atoms with Crippen LogP contribution in [0.15, 0.2) is 66.4 Å². The average Bonchev–Trinajstić information content (AvgIpc) is 3.16. The molecule has 0 bridgehead atoms. The van der Waals surface area contributed by atoms with Crippen molar-refractivity contribution < 1.29 is 14.7 Å². The second kappa shape index (κ2) is 8.53. The highest BCUT2D eigenvalue weighted by atomic mass is 35.5. The molecule has 0 fully saturated rings. The number of nitrogens with one attached hydrogen (secondary N) is 1. The quantitative estimate of drug-likeness (QED) is 0.593. The fourth-order valence-corrected chi connectivity index (χ4v) is 3.70. The maximum absolute atomic E-state index is 12.3. The molecule has 0 unspecified atom stereocenters. The number of nitriles is 1. The molecule has 28 heavy (non-hydrogen) atoms. The largest absolute Gasteiger partial charge is 0.477 e. The monoisotopic (exact) mass is 408 g/mol. The number of aliphatic carboxylic acids is 1. The Morgan fingerprint density at radius 1 is 1.07 bits per heavy atom. The number of carbonyl (C=O) groups excluding carboxylic acids is 1. The van der Waals surface area contributed by atoms with Crippen molar-refractivity contribution >= 4 is 40.9 Å². The van der Waals surface area contributed by atoms with Crippen LogP contribution in [-0.2, 0) is 4.79 Å². The Kier molecular flexibility index (Phi) is 5.90. The molecule has 0 aliphatic heterocycles. The Balaban J connectivity index is 1.83. The minimum absolute atomic E-state index is 0.248. The summed E-state index contributed by atoms with van der Waals surface area (Å²) >= 11 is 7.56. The highest BCUT2D eigenvalue weighted by molar-refractivity contribution is 7.16. The van der Waals surface area contributed by atoms with Crippen LogP contribution in [0.1, 0.15) is 20.8 Å². The number of carboxylic acid groups (broad SMARTS) is 1. The van der Waals surface area contributed by atoms with Crippen molar-refractivity contribution in [2.24, 2.45) is 0 Å². The van der Waals surface area contributed by atoms with Gasteiger partial charge in [0.1, 0.15) is 5.70 Å². The van der Waals surface area contributed by atoms with E-state index >= 15 is 0 Å². The number of rotatable bonds is 5. The second-order valence-corrected chi connectivity index (χ2v) is 7.21. The first-order valence-corrected chi connectivity index (χ1v) is 9.28. The molecule has 0 spiro atoms. The zero-order valence-corrected chi connectivity index (χ0v) is 15.9. The van der Waals surface area contributed by atoms with Gasteiger partial charge in [0.25, 0.3) is 5.91 Å². The van der Waals surface area contributed by atoms with Crippen molar-refractivity contribution in [2.75, 3.05) is 0 Å². The molecule has 1 heterocycles. The maximum atomic E-state index is 12.3. The van der Waals surface area contributed by atoms with Crippen molar-refractivity contribution in [1.29, 1.82) is 5.26 Å². The molecule has 0 atom stereocenters. The van der Waals surface area contributed by atoms with Crippen molar-refractivity contribution in [3.05, 3.63) is 87.4 Å². The van der Waals surface area contributed by atoms with Crippen LogP contribution in [0, 0.1) is 11.3 Å². The molecule has 2 aromatic carbocycles. The molecule has 1 amide bonds. The van der Waals surface area contributed by atoms with Gasteiger partial charge in [0, 0.05) is 25.9 Å². The van der Waals surface area contributed by atoms with E-state index in [0.29, 0.717) is 15.5 Å². The third-order valence-electron chi connectivity index (χ3n) is 3.81. The van der Waals surface area contributed by atoms with Gasteiger partial charge in [-0.25, -0.2) is 4.79 Å². The molecule has 3 rings (SSSR count). The van der Waals surface area contributed by atoms with Crippen LogP contribution in [0.2, 0.25) is 5.02 Å². The molecule has 2 N–H and O–H groups in total. The Labute approximate surface area is 170 Å². The van der Waals surface area contributed by atoms with Gasteiger partial charge in [0.15, 0.2) is 0 Å². The molecule has 7 heteroatoms. The van der Waals surface area contributed by atoms with Gasteiger partial charge in [-0.2, -0.15) is 5.26 Å². The number of carboxylic acids is 1. The van der Waals surface area contributed by atoms with Gasteiger partial charge >= 0.3 is 5.97 Å². The van der Waals surface area contributed by atoms with E-state index in [-0.39, 0.29) is 11.3 Å². The third-order valence-corrected chi connectivity index (χ3v) is 5.20. The molecular weight excluding hydrogens is 396 g/mol. The van der Waals surface area contributed by atoms with Gasteiger partial charge in [-0.1, -0.05) is 29.8 Å². The van der Waals surface area contributed by atoms with Crippen LogP contribution in [0.25, 0.3) is 16.5 Å². The lowest BCUT2D eigenvalue weighted by atomic mass is 10.1. The molecule has 1 aromatic heterocycles. The number of hydrogen-bond acceptors (Lipinski definition) is 4. The molecule has 0 saturated heterocycles. The molecule has 138 valence electrons. The first-order valence-electron chi connectivity index (χ1n) is 8.09. The molecule has 3 aromatic rings. The summed E-state index contributed by atoms with van der Waals surface area (Å²) in [7, 11) is 0. The van der Waals surface area contributed by atoms with Crippen molar-refractivity contribution in [2.45, 2.75) is 0 Å². The summed E-state index contributed by atoms with van der Waals surface area (Å²) < 4.78 is 0. The summed E-state index contributed by atoms with van der Waals surface area (Å²) in [5, 5.41) is 21.2. The molecular formula is C21H13ClN2O3S. The number of carbonyl (C=O) groups is 2. The van der Waals surface area contributed by atoms with Gasteiger partial charge in [-0.05, 0) is 48.5 Å². The summed E-state index contributed by atoms with van der Waals surface area (Å²) in [6.45, 7) is 0. The highest BCUT2D eigenvalue weighted by Crippen LogP contribution is 2.33. The SMILES string of the molecule is N#Cc1ccc(C(=O)N/C(=C/c2ccc(-c3ccccc3Cl)s2)C(=O)O)cc1. The maximum Gasteiger partial charge on any atom is 0.352 e.